The number of rotatable bonds is 9. The van der Waals surface area contributed by atoms with Gasteiger partial charge in [0.1, 0.15) is 5.82 Å². The van der Waals surface area contributed by atoms with Crippen LogP contribution in [0.4, 0.5) is 24.7 Å². The smallest absolute Gasteiger partial charge is 0.369 e. The summed E-state index contributed by atoms with van der Waals surface area (Å²) < 4.78 is 39.2. The molecule has 0 atom stereocenters. The van der Waals surface area contributed by atoms with E-state index < -0.39 is 29.0 Å². The molecular formula is C38H31F3N4O3. The maximum atomic E-state index is 13.3. The summed E-state index contributed by atoms with van der Waals surface area (Å²) in [5.41, 5.74) is 9.63. The van der Waals surface area contributed by atoms with Gasteiger partial charge in [-0.2, -0.15) is 13.2 Å². The summed E-state index contributed by atoms with van der Waals surface area (Å²) in [5, 5.41) is 2.73. The Kier molecular flexibility index (Phi) is 8.58. The summed E-state index contributed by atoms with van der Waals surface area (Å²) in [4.78, 5) is 45.1. The number of hydrogen-bond donors (Lipinski definition) is 2. The molecule has 1 heterocycles. The van der Waals surface area contributed by atoms with Crippen LogP contribution in [0.1, 0.15) is 46.8 Å². The van der Waals surface area contributed by atoms with Crippen LogP contribution in [0.2, 0.25) is 0 Å². The van der Waals surface area contributed by atoms with Gasteiger partial charge in [0.2, 0.25) is 11.8 Å². The predicted octanol–water partition coefficient (Wildman–Crippen LogP) is 7.60. The molecule has 5 aromatic rings. The predicted molar refractivity (Wildman–Crippen MR) is 178 cm³/mol. The number of nitrogens with one attached hydrogen (secondary N) is 1. The van der Waals surface area contributed by atoms with E-state index in [2.05, 4.69) is 10.3 Å². The van der Waals surface area contributed by atoms with E-state index in [9.17, 15) is 27.6 Å². The van der Waals surface area contributed by atoms with Gasteiger partial charge in [-0.25, -0.2) is 4.98 Å². The van der Waals surface area contributed by atoms with E-state index in [1.54, 1.807) is 41.3 Å². The number of alkyl halides is 3. The van der Waals surface area contributed by atoms with Crippen LogP contribution in [-0.4, -0.2) is 29.3 Å². The molecule has 6 rings (SSSR count). The van der Waals surface area contributed by atoms with Crippen molar-refractivity contribution in [3.63, 3.8) is 0 Å². The molecule has 3 amide bonds. The first-order valence-corrected chi connectivity index (χ1v) is 15.3. The molecule has 0 fully saturated rings. The third-order valence-electron chi connectivity index (χ3n) is 8.79. The Morgan fingerprint density at radius 3 is 1.92 bits per heavy atom. The maximum absolute atomic E-state index is 13.3. The van der Waals surface area contributed by atoms with Crippen molar-refractivity contribution in [3.8, 4) is 22.3 Å². The fourth-order valence-corrected chi connectivity index (χ4v) is 6.53. The molecule has 0 saturated heterocycles. The minimum absolute atomic E-state index is 0.223. The zero-order chi connectivity index (χ0) is 34.1. The van der Waals surface area contributed by atoms with Crippen molar-refractivity contribution in [1.82, 2.24) is 4.98 Å². The van der Waals surface area contributed by atoms with E-state index in [-0.39, 0.29) is 17.3 Å². The van der Waals surface area contributed by atoms with Crippen LogP contribution in [0.5, 0.6) is 0 Å². The molecule has 0 unspecified atom stereocenters. The Balaban J connectivity index is 1.17. The second-order valence-corrected chi connectivity index (χ2v) is 11.6. The summed E-state index contributed by atoms with van der Waals surface area (Å²) in [6.45, 7) is 1.74. The van der Waals surface area contributed by atoms with Gasteiger partial charge in [0.25, 0.3) is 5.91 Å². The number of nitrogens with zero attached hydrogens (tertiary/aromatic N) is 2. The van der Waals surface area contributed by atoms with Gasteiger partial charge in [0.05, 0.1) is 22.9 Å². The van der Waals surface area contributed by atoms with Crippen LogP contribution in [0.25, 0.3) is 22.3 Å². The largest absolute Gasteiger partial charge is 0.416 e. The monoisotopic (exact) mass is 648 g/mol. The van der Waals surface area contributed by atoms with Gasteiger partial charge in [-0.3, -0.25) is 14.4 Å². The maximum Gasteiger partial charge on any atom is 0.416 e. The summed E-state index contributed by atoms with van der Waals surface area (Å²) in [7, 11) is 0. The molecule has 0 aliphatic heterocycles. The third-order valence-corrected chi connectivity index (χ3v) is 8.79. The fraction of sp³-hybridized carbons (Fsp3) is 0.158. The molecule has 1 aliphatic rings. The summed E-state index contributed by atoms with van der Waals surface area (Å²) >= 11 is 0. The second kappa shape index (κ2) is 12.8. The molecule has 0 saturated carbocycles. The van der Waals surface area contributed by atoms with Crippen molar-refractivity contribution in [2.75, 3.05) is 16.8 Å². The zero-order valence-electron chi connectivity index (χ0n) is 25.9. The Morgan fingerprint density at radius 1 is 0.792 bits per heavy atom. The molecule has 48 heavy (non-hydrogen) atoms. The molecule has 0 bridgehead atoms. The normalized spacial score (nSPS) is 12.9. The Bertz CT molecular complexity index is 1960. The van der Waals surface area contributed by atoms with Gasteiger partial charge in [-0.15, -0.1) is 0 Å². The van der Waals surface area contributed by atoms with Crippen molar-refractivity contribution >= 4 is 29.2 Å². The first-order chi connectivity index (χ1) is 23.0. The number of nitrogens with two attached hydrogens (primary N) is 1. The van der Waals surface area contributed by atoms with Crippen LogP contribution in [-0.2, 0) is 21.2 Å². The highest BCUT2D eigenvalue weighted by Crippen LogP contribution is 2.51. The number of anilines is 2. The molecule has 0 spiro atoms. The zero-order valence-corrected chi connectivity index (χ0v) is 25.9. The first kappa shape index (κ1) is 32.2. The Morgan fingerprint density at radius 2 is 1.38 bits per heavy atom. The van der Waals surface area contributed by atoms with Crippen molar-refractivity contribution in [2.45, 2.75) is 31.4 Å². The molecule has 0 radical (unpaired) electrons. The summed E-state index contributed by atoms with van der Waals surface area (Å²) in [6, 6.07) is 29.9. The number of carbonyl (C=O) groups excluding carboxylic acids is 3. The molecule has 242 valence electrons. The number of amides is 3. The molecule has 4 aromatic carbocycles. The lowest BCUT2D eigenvalue weighted by atomic mass is 9.74. The molecule has 7 nitrogen and oxygen atoms in total. The van der Waals surface area contributed by atoms with E-state index in [1.165, 1.54) is 25.3 Å². The Labute approximate surface area is 275 Å². The van der Waals surface area contributed by atoms with E-state index in [4.69, 9.17) is 5.73 Å². The summed E-state index contributed by atoms with van der Waals surface area (Å²) in [5.74, 6) is -0.945. The van der Waals surface area contributed by atoms with Crippen LogP contribution in [0, 0.1) is 0 Å². The lowest BCUT2D eigenvalue weighted by Crippen LogP contribution is -2.41. The van der Waals surface area contributed by atoms with Crippen molar-refractivity contribution < 1.29 is 27.6 Å². The number of carbonyl (C=O) groups is 3. The third kappa shape index (κ3) is 5.92. The SMILES string of the molecule is CC(=O)N(CCCC1(C(N)=O)c2ccccc2-c2ccccc21)c1ccc(NC(=O)c2ccccc2-c2ccc(C(F)(F)F)cc2)nc1. The first-order valence-electron chi connectivity index (χ1n) is 15.3. The van der Waals surface area contributed by atoms with Crippen molar-refractivity contribution in [3.05, 3.63) is 138 Å². The van der Waals surface area contributed by atoms with E-state index >= 15 is 0 Å². The van der Waals surface area contributed by atoms with E-state index in [0.717, 1.165) is 34.4 Å². The molecular weight excluding hydrogens is 617 g/mol. The lowest BCUT2D eigenvalue weighted by Gasteiger charge is -2.30. The van der Waals surface area contributed by atoms with Gasteiger partial charge >= 0.3 is 6.18 Å². The van der Waals surface area contributed by atoms with Crippen LogP contribution >= 0.6 is 0 Å². The molecule has 1 aromatic heterocycles. The van der Waals surface area contributed by atoms with E-state index in [0.29, 0.717) is 36.2 Å². The standard InChI is InChI=1S/C38H31F3N4O3/c1-24(46)45(22-8-21-37(36(42)48)32-13-6-4-10-29(32)30-11-5-7-14-33(30)37)27-19-20-34(43-23-27)44-35(47)31-12-3-2-9-28(31)25-15-17-26(18-16-25)38(39,40)41/h2-7,9-20,23H,8,21-22H2,1H3,(H2,42,48)(H,43,44,47). The van der Waals surface area contributed by atoms with Gasteiger partial charge < -0.3 is 16.0 Å². The number of fused-ring (bicyclic) bond motifs is 3. The van der Waals surface area contributed by atoms with Crippen molar-refractivity contribution in [2.24, 2.45) is 5.73 Å². The number of hydrogen-bond acceptors (Lipinski definition) is 4. The number of aromatic nitrogens is 1. The van der Waals surface area contributed by atoms with Gasteiger partial charge in [0, 0.05) is 19.0 Å². The van der Waals surface area contributed by atoms with Gasteiger partial charge in [-0.1, -0.05) is 78.9 Å². The van der Waals surface area contributed by atoms with Crippen LogP contribution < -0.4 is 16.0 Å². The highest BCUT2D eigenvalue weighted by molar-refractivity contribution is 6.08. The Hall–Kier alpha value is -5.77. The highest BCUT2D eigenvalue weighted by Gasteiger charge is 2.47. The average Bonchev–Trinajstić information content (AvgIpc) is 3.37. The molecule has 3 N–H and O–H groups in total. The molecule has 10 heteroatoms. The highest BCUT2D eigenvalue weighted by atomic mass is 19.4. The average molecular weight is 649 g/mol. The lowest BCUT2D eigenvalue weighted by molar-refractivity contribution is -0.137. The quantitative estimate of drug-likeness (QED) is 0.172. The second-order valence-electron chi connectivity index (χ2n) is 11.6. The topological polar surface area (TPSA) is 105 Å². The number of primary amides is 1. The fourth-order valence-electron chi connectivity index (χ4n) is 6.53. The van der Waals surface area contributed by atoms with Crippen LogP contribution in [0.15, 0.2) is 115 Å². The minimum Gasteiger partial charge on any atom is -0.369 e. The number of halogens is 3. The summed E-state index contributed by atoms with van der Waals surface area (Å²) in [6.07, 6.45) is -2.14. The van der Waals surface area contributed by atoms with Gasteiger partial charge in [-0.05, 0) is 76.6 Å². The molecule has 1 aliphatic carbocycles. The van der Waals surface area contributed by atoms with E-state index in [1.807, 2.05) is 48.5 Å². The minimum atomic E-state index is -4.47. The van der Waals surface area contributed by atoms with Gasteiger partial charge in [0.15, 0.2) is 0 Å². The number of pyridine rings is 1. The number of benzene rings is 4. The van der Waals surface area contributed by atoms with Crippen LogP contribution in [0.3, 0.4) is 0 Å². The van der Waals surface area contributed by atoms with Crippen molar-refractivity contribution in [1.29, 1.82) is 0 Å².